The molecule has 0 bridgehead atoms. The van der Waals surface area contributed by atoms with Crippen molar-refractivity contribution in [3.8, 4) is 0 Å². The molecular formula is C23H39Cl2N3O2. The Morgan fingerprint density at radius 1 is 1.13 bits per heavy atom. The molecule has 2 fully saturated rings. The first-order chi connectivity index (χ1) is 13.5. The lowest BCUT2D eigenvalue weighted by Gasteiger charge is -2.36. The molecule has 1 amide bonds. The van der Waals surface area contributed by atoms with E-state index in [1.165, 1.54) is 17.5 Å². The van der Waals surface area contributed by atoms with E-state index in [1.54, 1.807) is 7.11 Å². The van der Waals surface area contributed by atoms with Gasteiger partial charge < -0.3 is 15.4 Å². The van der Waals surface area contributed by atoms with E-state index in [0.29, 0.717) is 13.2 Å². The molecule has 2 saturated heterocycles. The second kappa shape index (κ2) is 12.9. The van der Waals surface area contributed by atoms with Crippen LogP contribution >= 0.6 is 24.8 Å². The summed E-state index contributed by atoms with van der Waals surface area (Å²) in [6, 6.07) is 8.54. The summed E-state index contributed by atoms with van der Waals surface area (Å²) < 4.78 is 5.41. The van der Waals surface area contributed by atoms with Crippen LogP contribution in [-0.4, -0.2) is 50.7 Å². The molecule has 172 valence electrons. The quantitative estimate of drug-likeness (QED) is 0.653. The number of benzene rings is 1. The maximum absolute atomic E-state index is 13.0. The minimum atomic E-state index is -0.396. The van der Waals surface area contributed by atoms with E-state index in [2.05, 4.69) is 53.6 Å². The molecule has 0 radical (unpaired) electrons. The molecule has 0 aromatic heterocycles. The Balaban J connectivity index is 0.00000225. The third-order valence-electron chi connectivity index (χ3n) is 6.36. The minimum absolute atomic E-state index is 0. The minimum Gasteiger partial charge on any atom is -0.384 e. The van der Waals surface area contributed by atoms with Gasteiger partial charge in [-0.1, -0.05) is 38.1 Å². The van der Waals surface area contributed by atoms with E-state index in [-0.39, 0.29) is 30.7 Å². The lowest BCUT2D eigenvalue weighted by molar-refractivity contribution is -0.136. The Kier molecular flexibility index (Phi) is 11.7. The van der Waals surface area contributed by atoms with Crippen LogP contribution in [0.4, 0.5) is 0 Å². The van der Waals surface area contributed by atoms with Crippen LogP contribution in [0.15, 0.2) is 24.3 Å². The van der Waals surface area contributed by atoms with Gasteiger partial charge in [-0.2, -0.15) is 0 Å². The van der Waals surface area contributed by atoms with E-state index in [9.17, 15) is 4.79 Å². The monoisotopic (exact) mass is 459 g/mol. The fraction of sp³-hybridized carbons (Fsp3) is 0.696. The first-order valence-corrected chi connectivity index (χ1v) is 10.8. The number of ether oxygens (including phenoxy) is 1. The second-order valence-electron chi connectivity index (χ2n) is 9.05. The molecule has 0 aliphatic carbocycles. The van der Waals surface area contributed by atoms with Crippen molar-refractivity contribution >= 4 is 30.7 Å². The number of carbonyl (C=O) groups is 1. The number of halogens is 2. The van der Waals surface area contributed by atoms with Crippen LogP contribution < -0.4 is 10.6 Å². The molecule has 0 spiro atoms. The highest BCUT2D eigenvalue weighted by Crippen LogP contribution is 2.30. The van der Waals surface area contributed by atoms with Crippen LogP contribution in [-0.2, 0) is 22.6 Å². The molecule has 2 atom stereocenters. The zero-order valence-corrected chi connectivity index (χ0v) is 20.2. The fourth-order valence-corrected chi connectivity index (χ4v) is 5.03. The summed E-state index contributed by atoms with van der Waals surface area (Å²) in [5.74, 6) is 1.64. The molecule has 1 aromatic carbocycles. The van der Waals surface area contributed by atoms with Gasteiger partial charge in [0.25, 0.3) is 0 Å². The molecule has 2 N–H and O–H groups in total. The Morgan fingerprint density at radius 3 is 2.33 bits per heavy atom. The molecule has 0 saturated carbocycles. The summed E-state index contributed by atoms with van der Waals surface area (Å²) in [4.78, 5) is 15.6. The van der Waals surface area contributed by atoms with Gasteiger partial charge in [-0.15, -0.1) is 24.8 Å². The molecule has 3 rings (SSSR count). The topological polar surface area (TPSA) is 53.6 Å². The number of methoxy groups -OCH3 is 1. The average molecular weight is 460 g/mol. The fourth-order valence-electron chi connectivity index (χ4n) is 5.03. The summed E-state index contributed by atoms with van der Waals surface area (Å²) in [5.41, 5.74) is 2.16. The van der Waals surface area contributed by atoms with Crippen LogP contribution in [0.2, 0.25) is 0 Å². The van der Waals surface area contributed by atoms with E-state index in [1.807, 2.05) is 0 Å². The van der Waals surface area contributed by atoms with E-state index in [0.717, 1.165) is 57.4 Å². The van der Waals surface area contributed by atoms with Gasteiger partial charge in [-0.3, -0.25) is 9.69 Å². The third kappa shape index (κ3) is 7.10. The van der Waals surface area contributed by atoms with Crippen LogP contribution in [0, 0.1) is 17.3 Å². The van der Waals surface area contributed by atoms with Gasteiger partial charge in [-0.25, -0.2) is 0 Å². The SMILES string of the molecule is COCC1(C(=O)NCc2ccccc2CN2CC(C)CC(C)C2)CCNCC1.Cl.Cl. The number of likely N-dealkylation sites (tertiary alicyclic amines) is 1. The molecule has 2 aliphatic heterocycles. The summed E-state index contributed by atoms with van der Waals surface area (Å²) in [5, 5.41) is 6.57. The van der Waals surface area contributed by atoms with E-state index >= 15 is 0 Å². The van der Waals surface area contributed by atoms with Crippen LogP contribution in [0.5, 0.6) is 0 Å². The predicted molar refractivity (Wildman–Crippen MR) is 127 cm³/mol. The van der Waals surface area contributed by atoms with Gasteiger partial charge in [0, 0.05) is 33.3 Å². The Hall–Kier alpha value is -0.850. The second-order valence-corrected chi connectivity index (χ2v) is 9.05. The number of carbonyl (C=O) groups excluding carboxylic acids is 1. The van der Waals surface area contributed by atoms with Gasteiger partial charge in [0.05, 0.1) is 12.0 Å². The molecule has 2 aliphatic rings. The van der Waals surface area contributed by atoms with Crippen molar-refractivity contribution in [2.24, 2.45) is 17.3 Å². The Bertz CT molecular complexity index is 638. The third-order valence-corrected chi connectivity index (χ3v) is 6.36. The molecule has 2 heterocycles. The summed E-state index contributed by atoms with van der Waals surface area (Å²) in [7, 11) is 1.69. The van der Waals surface area contributed by atoms with Crippen molar-refractivity contribution in [3.05, 3.63) is 35.4 Å². The zero-order valence-electron chi connectivity index (χ0n) is 18.6. The number of hydrogen-bond donors (Lipinski definition) is 2. The first kappa shape index (κ1) is 27.2. The van der Waals surface area contributed by atoms with Gasteiger partial charge in [0.15, 0.2) is 0 Å². The van der Waals surface area contributed by atoms with E-state index in [4.69, 9.17) is 4.74 Å². The summed E-state index contributed by atoms with van der Waals surface area (Å²) in [6.45, 7) is 10.8. The van der Waals surface area contributed by atoms with Crippen molar-refractivity contribution in [1.29, 1.82) is 0 Å². The van der Waals surface area contributed by atoms with Crippen molar-refractivity contribution < 1.29 is 9.53 Å². The highest BCUT2D eigenvalue weighted by atomic mass is 35.5. The number of hydrogen-bond acceptors (Lipinski definition) is 4. The maximum atomic E-state index is 13.0. The van der Waals surface area contributed by atoms with Gasteiger partial charge >= 0.3 is 0 Å². The number of rotatable bonds is 7. The van der Waals surface area contributed by atoms with Crippen molar-refractivity contribution in [2.75, 3.05) is 39.9 Å². The number of amides is 1. The molecule has 1 aromatic rings. The summed E-state index contributed by atoms with van der Waals surface area (Å²) in [6.07, 6.45) is 2.99. The first-order valence-electron chi connectivity index (χ1n) is 10.8. The van der Waals surface area contributed by atoms with Crippen LogP contribution in [0.3, 0.4) is 0 Å². The lowest BCUT2D eigenvalue weighted by Crippen LogP contribution is -2.50. The number of piperidine rings is 2. The summed E-state index contributed by atoms with van der Waals surface area (Å²) >= 11 is 0. The Labute approximate surface area is 194 Å². The van der Waals surface area contributed by atoms with Crippen LogP contribution in [0.25, 0.3) is 0 Å². The highest BCUT2D eigenvalue weighted by Gasteiger charge is 2.39. The van der Waals surface area contributed by atoms with Crippen molar-refractivity contribution in [1.82, 2.24) is 15.5 Å². The molecule has 7 heteroatoms. The molecule has 2 unspecified atom stereocenters. The van der Waals surface area contributed by atoms with Crippen molar-refractivity contribution in [2.45, 2.75) is 46.2 Å². The smallest absolute Gasteiger partial charge is 0.228 e. The molecule has 5 nitrogen and oxygen atoms in total. The highest BCUT2D eigenvalue weighted by molar-refractivity contribution is 5.85. The van der Waals surface area contributed by atoms with Gasteiger partial charge in [0.1, 0.15) is 0 Å². The van der Waals surface area contributed by atoms with Crippen LogP contribution in [0.1, 0.15) is 44.2 Å². The molecule has 30 heavy (non-hydrogen) atoms. The Morgan fingerprint density at radius 2 is 1.73 bits per heavy atom. The van der Waals surface area contributed by atoms with Gasteiger partial charge in [0.2, 0.25) is 5.91 Å². The largest absolute Gasteiger partial charge is 0.384 e. The predicted octanol–water partition coefficient (Wildman–Crippen LogP) is 3.64. The molecular weight excluding hydrogens is 421 g/mol. The maximum Gasteiger partial charge on any atom is 0.228 e. The number of nitrogens with zero attached hydrogens (tertiary/aromatic N) is 1. The zero-order chi connectivity index (χ0) is 20.0. The van der Waals surface area contributed by atoms with Crippen molar-refractivity contribution in [3.63, 3.8) is 0 Å². The lowest BCUT2D eigenvalue weighted by atomic mass is 9.78. The standard InChI is InChI=1S/C23H37N3O2.2ClH/c1-18-12-19(2)15-26(14-18)16-21-7-5-4-6-20(21)13-25-22(27)23(17-28-3)8-10-24-11-9-23;;/h4-7,18-19,24H,8-17H2,1-3H3,(H,25,27);2*1H. The van der Waals surface area contributed by atoms with E-state index < -0.39 is 5.41 Å². The number of nitrogens with one attached hydrogen (secondary N) is 2. The van der Waals surface area contributed by atoms with Gasteiger partial charge in [-0.05, 0) is 55.3 Å². The average Bonchev–Trinajstić information content (AvgIpc) is 2.67. The normalized spacial score (nSPS) is 23.7.